The molecule has 3 aromatic rings. The Bertz CT molecular complexity index is 792. The molecule has 7 heteroatoms. The lowest BCUT2D eigenvalue weighted by atomic mass is 10.1. The van der Waals surface area contributed by atoms with Gasteiger partial charge in [0, 0.05) is 24.7 Å². The minimum absolute atomic E-state index is 0.188. The summed E-state index contributed by atoms with van der Waals surface area (Å²) in [6.45, 7) is 1.06. The summed E-state index contributed by atoms with van der Waals surface area (Å²) < 4.78 is 10.1. The van der Waals surface area contributed by atoms with Gasteiger partial charge in [-0.3, -0.25) is 4.79 Å². The van der Waals surface area contributed by atoms with Crippen LogP contribution in [0.4, 0.5) is 0 Å². The van der Waals surface area contributed by atoms with Gasteiger partial charge in [-0.2, -0.15) is 0 Å². The van der Waals surface area contributed by atoms with Gasteiger partial charge in [0.05, 0.1) is 17.6 Å². The molecule has 0 spiro atoms. The summed E-state index contributed by atoms with van der Waals surface area (Å²) in [5.74, 6) is 0.0420. The fourth-order valence-corrected chi connectivity index (χ4v) is 2.40. The van der Waals surface area contributed by atoms with Crippen LogP contribution in [-0.2, 0) is 13.0 Å². The molecule has 1 aliphatic rings. The second-order valence-electron chi connectivity index (χ2n) is 4.65. The van der Waals surface area contributed by atoms with Gasteiger partial charge >= 0.3 is 0 Å². The van der Waals surface area contributed by atoms with Crippen LogP contribution in [0.1, 0.15) is 21.8 Å². The molecule has 7 nitrogen and oxygen atoms in total. The Labute approximate surface area is 113 Å². The molecule has 4 heterocycles. The Morgan fingerprint density at radius 1 is 1.35 bits per heavy atom. The van der Waals surface area contributed by atoms with Gasteiger partial charge < -0.3 is 13.9 Å². The number of hydrogen-bond acceptors (Lipinski definition) is 6. The summed E-state index contributed by atoms with van der Waals surface area (Å²) in [5.41, 5.74) is 2.29. The molecule has 0 radical (unpaired) electrons. The van der Waals surface area contributed by atoms with Crippen LogP contribution in [0, 0.1) is 0 Å². The highest BCUT2D eigenvalue weighted by Crippen LogP contribution is 2.22. The predicted octanol–water partition coefficient (Wildman–Crippen LogP) is 1.41. The van der Waals surface area contributed by atoms with Crippen molar-refractivity contribution < 1.29 is 13.8 Å². The monoisotopic (exact) mass is 270 g/mol. The summed E-state index contributed by atoms with van der Waals surface area (Å²) in [5, 5.41) is 8.34. The number of aromatic nitrogens is 3. The Balaban J connectivity index is 1.68. The number of carbonyl (C=O) groups excluding carboxylic acids is 1. The van der Waals surface area contributed by atoms with Crippen LogP contribution in [0.2, 0.25) is 0 Å². The third-order valence-electron chi connectivity index (χ3n) is 3.44. The summed E-state index contributed by atoms with van der Waals surface area (Å²) in [6.07, 6.45) is 3.88. The quantitative estimate of drug-likeness (QED) is 0.664. The molecule has 4 rings (SSSR count). The summed E-state index contributed by atoms with van der Waals surface area (Å²) in [6, 6.07) is 3.53. The molecule has 0 aliphatic carbocycles. The van der Waals surface area contributed by atoms with Crippen molar-refractivity contribution in [3.8, 4) is 0 Å². The van der Waals surface area contributed by atoms with Gasteiger partial charge in [0.2, 0.25) is 11.4 Å². The maximum atomic E-state index is 12.5. The van der Waals surface area contributed by atoms with Crippen LogP contribution in [0.25, 0.3) is 11.0 Å². The number of nitrogens with zero attached hydrogens (tertiary/aromatic N) is 4. The molecular weight excluding hydrogens is 260 g/mol. The van der Waals surface area contributed by atoms with Crippen LogP contribution in [0.3, 0.4) is 0 Å². The van der Waals surface area contributed by atoms with Crippen LogP contribution in [-0.4, -0.2) is 32.6 Å². The molecular formula is C13H10N4O3. The highest BCUT2D eigenvalue weighted by atomic mass is 16.5. The predicted molar refractivity (Wildman–Crippen MR) is 66.8 cm³/mol. The average Bonchev–Trinajstić information content (AvgIpc) is 3.12. The van der Waals surface area contributed by atoms with Gasteiger partial charge in [-0.15, -0.1) is 0 Å². The van der Waals surface area contributed by atoms with Crippen molar-refractivity contribution >= 4 is 16.9 Å². The fourth-order valence-electron chi connectivity index (χ4n) is 2.40. The fraction of sp³-hybridized carbons (Fsp3) is 0.231. The van der Waals surface area contributed by atoms with Crippen molar-refractivity contribution in [2.45, 2.75) is 13.0 Å². The number of hydrogen-bond donors (Lipinski definition) is 0. The summed E-state index contributed by atoms with van der Waals surface area (Å²) >= 11 is 0. The lowest BCUT2D eigenvalue weighted by molar-refractivity contribution is 0.0695. The van der Waals surface area contributed by atoms with Gasteiger partial charge in [0.1, 0.15) is 6.26 Å². The second kappa shape index (κ2) is 4.16. The zero-order chi connectivity index (χ0) is 13.5. The minimum atomic E-state index is -0.188. The van der Waals surface area contributed by atoms with E-state index in [4.69, 9.17) is 9.05 Å². The molecule has 0 atom stereocenters. The van der Waals surface area contributed by atoms with Gasteiger partial charge in [-0.05, 0) is 12.1 Å². The topological polar surface area (TPSA) is 85.3 Å². The molecule has 1 aliphatic heterocycles. The highest BCUT2D eigenvalue weighted by Gasteiger charge is 2.27. The molecule has 0 saturated heterocycles. The molecule has 0 saturated carbocycles. The first-order valence-electron chi connectivity index (χ1n) is 6.25. The zero-order valence-electron chi connectivity index (χ0n) is 10.4. The maximum Gasteiger partial charge on any atom is 0.293 e. The third kappa shape index (κ3) is 1.59. The molecule has 20 heavy (non-hydrogen) atoms. The first kappa shape index (κ1) is 11.2. The number of rotatable bonds is 1. The van der Waals surface area contributed by atoms with Crippen LogP contribution < -0.4 is 0 Å². The van der Waals surface area contributed by atoms with Crippen molar-refractivity contribution in [1.29, 1.82) is 0 Å². The molecule has 0 aromatic carbocycles. The van der Waals surface area contributed by atoms with E-state index in [1.165, 1.54) is 0 Å². The standard InChI is InChI=1S/C13H10N4O3/c18-13(11-9-2-1-4-14-12(9)16-20-11)17-5-3-10-8(6-17)7-19-15-10/h1-2,4,7H,3,5-6H2. The molecule has 3 aromatic heterocycles. The van der Waals surface area contributed by atoms with E-state index < -0.39 is 0 Å². The van der Waals surface area contributed by atoms with Crippen LogP contribution in [0.15, 0.2) is 33.6 Å². The van der Waals surface area contributed by atoms with Crippen molar-refractivity contribution in [3.05, 3.63) is 41.6 Å². The first-order chi connectivity index (χ1) is 9.83. The smallest absolute Gasteiger partial charge is 0.293 e. The van der Waals surface area contributed by atoms with E-state index in [-0.39, 0.29) is 11.7 Å². The van der Waals surface area contributed by atoms with E-state index in [1.54, 1.807) is 29.5 Å². The van der Waals surface area contributed by atoms with Gasteiger partial charge in [0.25, 0.3) is 5.91 Å². The Morgan fingerprint density at radius 3 is 3.25 bits per heavy atom. The van der Waals surface area contributed by atoms with E-state index in [0.717, 1.165) is 11.3 Å². The molecule has 0 bridgehead atoms. The Hall–Kier alpha value is -2.70. The molecule has 0 fully saturated rings. The average molecular weight is 270 g/mol. The molecule has 1 amide bonds. The number of pyridine rings is 1. The van der Waals surface area contributed by atoms with Crippen molar-refractivity contribution in [1.82, 2.24) is 20.2 Å². The SMILES string of the molecule is O=C(c1onc2ncccc12)N1CCc2nocc2C1. The lowest BCUT2D eigenvalue weighted by Crippen LogP contribution is -2.35. The van der Waals surface area contributed by atoms with Gasteiger partial charge in [-0.25, -0.2) is 4.98 Å². The summed E-state index contributed by atoms with van der Waals surface area (Å²) in [7, 11) is 0. The largest absolute Gasteiger partial charge is 0.364 e. The van der Waals surface area contributed by atoms with Gasteiger partial charge in [0.15, 0.2) is 0 Å². The van der Waals surface area contributed by atoms with E-state index >= 15 is 0 Å². The molecule has 100 valence electrons. The minimum Gasteiger partial charge on any atom is -0.364 e. The normalized spacial score (nSPS) is 14.5. The van der Waals surface area contributed by atoms with E-state index in [0.29, 0.717) is 30.5 Å². The number of amides is 1. The summed E-state index contributed by atoms with van der Waals surface area (Å²) in [4.78, 5) is 18.3. The third-order valence-corrected chi connectivity index (χ3v) is 3.44. The van der Waals surface area contributed by atoms with E-state index in [2.05, 4.69) is 15.3 Å². The molecule has 0 unspecified atom stereocenters. The van der Waals surface area contributed by atoms with Crippen LogP contribution in [0.5, 0.6) is 0 Å². The maximum absolute atomic E-state index is 12.5. The lowest BCUT2D eigenvalue weighted by Gasteiger charge is -2.24. The van der Waals surface area contributed by atoms with Crippen molar-refractivity contribution in [2.75, 3.05) is 6.54 Å². The number of carbonyl (C=O) groups is 1. The number of fused-ring (bicyclic) bond motifs is 2. The van der Waals surface area contributed by atoms with E-state index in [1.807, 2.05) is 0 Å². The van der Waals surface area contributed by atoms with Crippen molar-refractivity contribution in [2.24, 2.45) is 0 Å². The Morgan fingerprint density at radius 2 is 2.30 bits per heavy atom. The Kier molecular flexibility index (Phi) is 2.32. The highest BCUT2D eigenvalue weighted by molar-refractivity contribution is 6.02. The van der Waals surface area contributed by atoms with E-state index in [9.17, 15) is 4.79 Å². The van der Waals surface area contributed by atoms with Crippen LogP contribution >= 0.6 is 0 Å². The molecule has 0 N–H and O–H groups in total. The van der Waals surface area contributed by atoms with Crippen molar-refractivity contribution in [3.63, 3.8) is 0 Å². The second-order valence-corrected chi connectivity index (χ2v) is 4.65. The van der Waals surface area contributed by atoms with Gasteiger partial charge in [-0.1, -0.05) is 10.3 Å². The first-order valence-corrected chi connectivity index (χ1v) is 6.25. The zero-order valence-corrected chi connectivity index (χ0v) is 10.4.